The van der Waals surface area contributed by atoms with Crippen LogP contribution < -0.4 is 0 Å². The molecule has 22 heavy (non-hydrogen) atoms. The van der Waals surface area contributed by atoms with Crippen LogP contribution in [0.1, 0.15) is 12.8 Å². The van der Waals surface area contributed by atoms with E-state index in [1.807, 2.05) is 0 Å². The number of benzene rings is 1. The Balaban J connectivity index is 2.07. The van der Waals surface area contributed by atoms with Crippen molar-refractivity contribution in [3.05, 3.63) is 18.2 Å². The number of hydrogen-bond acceptors (Lipinski definition) is 8. The minimum absolute atomic E-state index is 0.193. The molecule has 118 valence electrons. The SMILES string of the molecule is CS(=O)(=O)c1ccc2nc(SOC(=O)CCC(=O)O)sc2c1. The molecule has 0 aliphatic rings. The number of rotatable bonds is 6. The van der Waals surface area contributed by atoms with E-state index in [9.17, 15) is 18.0 Å². The lowest BCUT2D eigenvalue weighted by atomic mass is 10.3. The van der Waals surface area contributed by atoms with E-state index < -0.39 is 21.8 Å². The summed E-state index contributed by atoms with van der Waals surface area (Å²) in [6.45, 7) is 0. The number of nitrogens with zero attached hydrogens (tertiary/aromatic N) is 1. The summed E-state index contributed by atoms with van der Waals surface area (Å²) in [6, 6.07) is 4.56. The van der Waals surface area contributed by atoms with Crippen molar-refractivity contribution in [2.75, 3.05) is 6.26 Å². The highest BCUT2D eigenvalue weighted by molar-refractivity contribution is 7.97. The van der Waals surface area contributed by atoms with Crippen molar-refractivity contribution in [2.45, 2.75) is 22.1 Å². The number of carboxylic acid groups (broad SMARTS) is 1. The number of hydrogen-bond donors (Lipinski definition) is 1. The summed E-state index contributed by atoms with van der Waals surface area (Å²) in [5.74, 6) is -1.72. The molecule has 0 saturated carbocycles. The molecule has 2 aromatic rings. The molecule has 10 heteroatoms. The first-order valence-corrected chi connectivity index (χ1v) is 9.40. The van der Waals surface area contributed by atoms with E-state index in [0.717, 1.165) is 18.3 Å². The minimum atomic E-state index is -3.30. The Kier molecular flexibility index (Phi) is 5.04. The van der Waals surface area contributed by atoms with E-state index in [-0.39, 0.29) is 17.7 Å². The number of aromatic nitrogens is 1. The average molecular weight is 361 g/mol. The first-order chi connectivity index (χ1) is 10.3. The Labute approximate surface area is 134 Å². The number of sulfone groups is 1. The third-order valence-corrected chi connectivity index (χ3v) is 5.40. The van der Waals surface area contributed by atoms with Crippen LogP contribution in [0.3, 0.4) is 0 Å². The molecule has 1 N–H and O–H groups in total. The van der Waals surface area contributed by atoms with Gasteiger partial charge in [0.25, 0.3) is 0 Å². The Bertz CT molecular complexity index is 826. The number of carbonyl (C=O) groups is 2. The summed E-state index contributed by atoms with van der Waals surface area (Å²) in [7, 11) is -3.30. The van der Waals surface area contributed by atoms with Gasteiger partial charge in [0, 0.05) is 6.26 Å². The van der Waals surface area contributed by atoms with E-state index in [4.69, 9.17) is 9.29 Å². The summed E-state index contributed by atoms with van der Waals surface area (Å²) in [5.41, 5.74) is 0.599. The number of carbonyl (C=O) groups excluding carboxylic acids is 1. The largest absolute Gasteiger partial charge is 0.481 e. The van der Waals surface area contributed by atoms with Crippen molar-refractivity contribution in [3.8, 4) is 0 Å². The van der Waals surface area contributed by atoms with E-state index >= 15 is 0 Å². The van der Waals surface area contributed by atoms with E-state index in [1.54, 1.807) is 6.07 Å². The summed E-state index contributed by atoms with van der Waals surface area (Å²) in [4.78, 5) is 26.0. The fourth-order valence-electron chi connectivity index (χ4n) is 1.48. The zero-order valence-corrected chi connectivity index (χ0v) is 13.8. The Morgan fingerprint density at radius 2 is 2.09 bits per heavy atom. The maximum absolute atomic E-state index is 11.5. The smallest absolute Gasteiger partial charge is 0.318 e. The molecule has 0 fully saturated rings. The fourth-order valence-corrected chi connectivity index (χ4v) is 3.83. The Morgan fingerprint density at radius 3 is 2.73 bits per heavy atom. The van der Waals surface area contributed by atoms with Crippen molar-refractivity contribution >= 4 is 55.4 Å². The normalized spacial score (nSPS) is 11.5. The van der Waals surface area contributed by atoms with Gasteiger partial charge in [-0.25, -0.2) is 13.4 Å². The average Bonchev–Trinajstić information content (AvgIpc) is 2.83. The molecular weight excluding hydrogens is 350 g/mol. The molecular formula is C12H11NO6S3. The van der Waals surface area contributed by atoms with Crippen LogP contribution in [0.15, 0.2) is 27.4 Å². The maximum atomic E-state index is 11.5. The number of fused-ring (bicyclic) bond motifs is 1. The van der Waals surface area contributed by atoms with Gasteiger partial charge in [0.15, 0.2) is 14.2 Å². The van der Waals surface area contributed by atoms with Crippen LogP contribution in [0.5, 0.6) is 0 Å². The highest BCUT2D eigenvalue weighted by Crippen LogP contribution is 2.31. The third-order valence-electron chi connectivity index (χ3n) is 2.52. The van der Waals surface area contributed by atoms with Crippen LogP contribution in [-0.4, -0.2) is 36.7 Å². The van der Waals surface area contributed by atoms with Gasteiger partial charge < -0.3 is 9.29 Å². The molecule has 0 amide bonds. The second-order valence-corrected chi connectivity index (χ2v) is 8.34. The molecule has 0 radical (unpaired) electrons. The van der Waals surface area contributed by atoms with Gasteiger partial charge in [0.05, 0.1) is 28.0 Å². The van der Waals surface area contributed by atoms with Crippen LogP contribution in [-0.2, 0) is 23.6 Å². The molecule has 7 nitrogen and oxygen atoms in total. The lowest BCUT2D eigenvalue weighted by Crippen LogP contribution is -2.03. The van der Waals surface area contributed by atoms with Crippen molar-refractivity contribution < 1.29 is 27.3 Å². The highest BCUT2D eigenvalue weighted by Gasteiger charge is 2.13. The minimum Gasteiger partial charge on any atom is -0.481 e. The zero-order chi connectivity index (χ0) is 16.3. The molecule has 1 aromatic carbocycles. The zero-order valence-electron chi connectivity index (χ0n) is 11.3. The van der Waals surface area contributed by atoms with Crippen molar-refractivity contribution in [3.63, 3.8) is 0 Å². The van der Waals surface area contributed by atoms with E-state index in [0.29, 0.717) is 14.6 Å². The van der Waals surface area contributed by atoms with Crippen LogP contribution >= 0.6 is 23.4 Å². The summed E-state index contributed by atoms with van der Waals surface area (Å²) < 4.78 is 28.9. The van der Waals surface area contributed by atoms with Gasteiger partial charge >= 0.3 is 11.9 Å². The van der Waals surface area contributed by atoms with Gasteiger partial charge in [-0.05, 0) is 18.2 Å². The van der Waals surface area contributed by atoms with Crippen molar-refractivity contribution in [1.29, 1.82) is 0 Å². The summed E-state index contributed by atoms with van der Waals surface area (Å²) in [5, 5.41) is 8.46. The Hall–Kier alpha value is -1.65. The quantitative estimate of drug-likeness (QED) is 0.779. The summed E-state index contributed by atoms with van der Waals surface area (Å²) >= 11 is 1.92. The van der Waals surface area contributed by atoms with Crippen molar-refractivity contribution in [1.82, 2.24) is 4.98 Å². The Morgan fingerprint density at radius 1 is 1.36 bits per heavy atom. The predicted molar refractivity (Wildman–Crippen MR) is 81.5 cm³/mol. The molecule has 0 aliphatic carbocycles. The number of aliphatic carboxylic acids is 1. The molecule has 0 unspecified atom stereocenters. The molecule has 1 heterocycles. The van der Waals surface area contributed by atoms with Gasteiger partial charge in [-0.15, -0.1) is 11.3 Å². The van der Waals surface area contributed by atoms with Gasteiger partial charge in [-0.2, -0.15) is 0 Å². The second kappa shape index (κ2) is 6.63. The van der Waals surface area contributed by atoms with Gasteiger partial charge in [-0.1, -0.05) is 0 Å². The molecule has 2 rings (SSSR count). The third kappa shape index (κ3) is 4.42. The lowest BCUT2D eigenvalue weighted by Gasteiger charge is -1.97. The molecule has 0 saturated heterocycles. The standard InChI is InChI=1S/C12H11NO6S3/c1-22(17,18)7-2-3-8-9(6-7)20-12(13-8)21-19-11(16)5-4-10(14)15/h2-3,6H,4-5H2,1H3,(H,14,15). The first kappa shape index (κ1) is 16.7. The fraction of sp³-hybridized carbons (Fsp3) is 0.250. The monoisotopic (exact) mass is 361 g/mol. The second-order valence-electron chi connectivity index (χ2n) is 4.31. The summed E-state index contributed by atoms with van der Waals surface area (Å²) in [6.07, 6.45) is 0.609. The van der Waals surface area contributed by atoms with Crippen LogP contribution in [0, 0.1) is 0 Å². The molecule has 0 spiro atoms. The topological polar surface area (TPSA) is 111 Å². The van der Waals surface area contributed by atoms with Crippen LogP contribution in [0.4, 0.5) is 0 Å². The highest BCUT2D eigenvalue weighted by atomic mass is 32.2. The van der Waals surface area contributed by atoms with E-state index in [1.165, 1.54) is 23.5 Å². The van der Waals surface area contributed by atoms with Gasteiger partial charge in [0.2, 0.25) is 0 Å². The van der Waals surface area contributed by atoms with Gasteiger partial charge in [0.1, 0.15) is 12.0 Å². The van der Waals surface area contributed by atoms with Gasteiger partial charge in [-0.3, -0.25) is 9.59 Å². The molecule has 0 bridgehead atoms. The lowest BCUT2D eigenvalue weighted by molar-refractivity contribution is -0.141. The molecule has 1 aromatic heterocycles. The first-order valence-electron chi connectivity index (χ1n) is 5.95. The van der Waals surface area contributed by atoms with E-state index in [2.05, 4.69) is 4.98 Å². The number of carboxylic acids is 1. The number of thiazole rings is 1. The van der Waals surface area contributed by atoms with Crippen LogP contribution in [0.2, 0.25) is 0 Å². The van der Waals surface area contributed by atoms with Crippen molar-refractivity contribution in [2.24, 2.45) is 0 Å². The molecule has 0 atom stereocenters. The predicted octanol–water partition coefficient (Wildman–Crippen LogP) is 2.11. The molecule has 0 aliphatic heterocycles. The maximum Gasteiger partial charge on any atom is 0.318 e. The van der Waals surface area contributed by atoms with Crippen LogP contribution in [0.25, 0.3) is 10.2 Å².